The van der Waals surface area contributed by atoms with Crippen molar-refractivity contribution in [2.45, 2.75) is 25.5 Å². The van der Waals surface area contributed by atoms with Crippen molar-refractivity contribution in [1.29, 1.82) is 0 Å². The number of esters is 1. The van der Waals surface area contributed by atoms with Gasteiger partial charge in [-0.05, 0) is 73.0 Å². The lowest BCUT2D eigenvalue weighted by atomic mass is 10.1. The largest absolute Gasteiger partial charge is 0.465 e. The molecule has 0 unspecified atom stereocenters. The molecule has 1 saturated heterocycles. The first kappa shape index (κ1) is 25.8. The van der Waals surface area contributed by atoms with Crippen LogP contribution in [0.2, 0.25) is 5.02 Å². The Balaban J connectivity index is 1.48. The van der Waals surface area contributed by atoms with Gasteiger partial charge in [0, 0.05) is 30.8 Å². The van der Waals surface area contributed by atoms with Gasteiger partial charge in [0.05, 0.1) is 42.0 Å². The lowest BCUT2D eigenvalue weighted by molar-refractivity contribution is 0.0350. The summed E-state index contributed by atoms with van der Waals surface area (Å²) < 4.78 is 13.5. The number of ether oxygens (including phenoxy) is 2. The third-order valence-corrected chi connectivity index (χ3v) is 7.25. The van der Waals surface area contributed by atoms with Crippen LogP contribution in [0.1, 0.15) is 39.1 Å². The molecule has 0 atom stereocenters. The van der Waals surface area contributed by atoms with Crippen LogP contribution >= 0.6 is 11.6 Å². The fraction of sp³-hybridized carbons (Fsp3) is 0.276. The number of aromatic nitrogens is 2. The van der Waals surface area contributed by atoms with Gasteiger partial charge in [-0.15, -0.1) is 0 Å². The van der Waals surface area contributed by atoms with Crippen molar-refractivity contribution < 1.29 is 19.1 Å². The van der Waals surface area contributed by atoms with Gasteiger partial charge >= 0.3 is 11.7 Å². The summed E-state index contributed by atoms with van der Waals surface area (Å²) >= 11 is 6.31. The predicted octanol–water partition coefficient (Wildman–Crippen LogP) is 4.53. The quantitative estimate of drug-likeness (QED) is 0.340. The molecule has 8 nitrogen and oxygen atoms in total. The number of hydrogen-bond acceptors (Lipinski definition) is 5. The first-order chi connectivity index (χ1) is 18.4. The molecule has 4 aromatic rings. The number of methoxy groups -OCH3 is 2. The van der Waals surface area contributed by atoms with E-state index in [1.54, 1.807) is 76.9 Å². The molecule has 0 saturated carbocycles. The van der Waals surface area contributed by atoms with Crippen LogP contribution in [-0.4, -0.2) is 59.3 Å². The molecule has 38 heavy (non-hydrogen) atoms. The van der Waals surface area contributed by atoms with E-state index in [1.165, 1.54) is 7.11 Å². The molecule has 0 radical (unpaired) electrons. The minimum atomic E-state index is -0.439. The van der Waals surface area contributed by atoms with Crippen LogP contribution in [0.15, 0.2) is 71.5 Å². The second-order valence-electron chi connectivity index (χ2n) is 9.30. The number of rotatable bonds is 6. The first-order valence-corrected chi connectivity index (χ1v) is 12.8. The highest BCUT2D eigenvalue weighted by Gasteiger charge is 2.24. The maximum absolute atomic E-state index is 13.7. The number of hydrogen-bond donors (Lipinski definition) is 0. The summed E-state index contributed by atoms with van der Waals surface area (Å²) in [6.07, 6.45) is 1.83. The number of nitrogens with zero attached hydrogens (tertiary/aromatic N) is 3. The third kappa shape index (κ3) is 4.97. The molecule has 1 aromatic heterocycles. The smallest absolute Gasteiger partial charge is 0.337 e. The van der Waals surface area contributed by atoms with Crippen molar-refractivity contribution >= 4 is 34.5 Å². The number of piperidine rings is 1. The fourth-order valence-electron chi connectivity index (χ4n) is 4.96. The van der Waals surface area contributed by atoms with E-state index in [-0.39, 0.29) is 24.2 Å². The molecule has 1 fully saturated rings. The lowest BCUT2D eigenvalue weighted by Gasteiger charge is -2.31. The van der Waals surface area contributed by atoms with Crippen LogP contribution in [0, 0.1) is 0 Å². The number of imidazole rings is 1. The topological polar surface area (TPSA) is 82.8 Å². The molecule has 2 heterocycles. The van der Waals surface area contributed by atoms with E-state index in [1.807, 2.05) is 11.0 Å². The third-order valence-electron chi connectivity index (χ3n) is 7.02. The van der Waals surface area contributed by atoms with E-state index in [0.29, 0.717) is 46.0 Å². The van der Waals surface area contributed by atoms with Crippen molar-refractivity contribution in [3.63, 3.8) is 0 Å². The summed E-state index contributed by atoms with van der Waals surface area (Å²) in [6, 6.07) is 19.4. The number of benzene rings is 3. The molecule has 5 rings (SSSR count). The molecular weight excluding hydrogens is 506 g/mol. The monoisotopic (exact) mass is 533 g/mol. The van der Waals surface area contributed by atoms with Crippen LogP contribution in [0.5, 0.6) is 0 Å². The molecule has 3 aromatic carbocycles. The molecule has 1 aliphatic rings. The lowest BCUT2D eigenvalue weighted by Crippen LogP contribution is -2.40. The van der Waals surface area contributed by atoms with Gasteiger partial charge in [0.25, 0.3) is 5.91 Å². The molecule has 196 valence electrons. The van der Waals surface area contributed by atoms with E-state index in [4.69, 9.17) is 21.1 Å². The van der Waals surface area contributed by atoms with Crippen molar-refractivity contribution in [2.24, 2.45) is 0 Å². The molecule has 1 aliphatic heterocycles. The molecule has 1 amide bonds. The van der Waals surface area contributed by atoms with E-state index < -0.39 is 5.97 Å². The number of carbonyl (C=O) groups excluding carboxylic acids is 2. The number of fused-ring (bicyclic) bond motifs is 1. The van der Waals surface area contributed by atoms with E-state index in [2.05, 4.69) is 0 Å². The Hall–Kier alpha value is -3.88. The molecule has 0 aliphatic carbocycles. The fourth-order valence-corrected chi connectivity index (χ4v) is 5.13. The second-order valence-corrected chi connectivity index (χ2v) is 9.74. The Morgan fingerprint density at radius 2 is 1.66 bits per heavy atom. The highest BCUT2D eigenvalue weighted by atomic mass is 35.5. The van der Waals surface area contributed by atoms with E-state index in [9.17, 15) is 14.4 Å². The van der Waals surface area contributed by atoms with Crippen LogP contribution in [0.3, 0.4) is 0 Å². The summed E-state index contributed by atoms with van der Waals surface area (Å²) in [6.45, 7) is 1.56. The second kappa shape index (κ2) is 10.8. The van der Waals surface area contributed by atoms with Crippen molar-refractivity contribution in [2.75, 3.05) is 27.3 Å². The average Bonchev–Trinajstić information content (AvgIpc) is 3.22. The normalized spacial score (nSPS) is 14.1. The Morgan fingerprint density at radius 3 is 2.34 bits per heavy atom. The maximum atomic E-state index is 13.7. The van der Waals surface area contributed by atoms with Crippen LogP contribution in [-0.2, 0) is 16.0 Å². The van der Waals surface area contributed by atoms with Gasteiger partial charge < -0.3 is 14.4 Å². The van der Waals surface area contributed by atoms with Gasteiger partial charge in [-0.1, -0.05) is 23.7 Å². The van der Waals surface area contributed by atoms with Crippen molar-refractivity contribution in [3.8, 4) is 5.69 Å². The highest BCUT2D eigenvalue weighted by Crippen LogP contribution is 2.24. The zero-order valence-electron chi connectivity index (χ0n) is 21.2. The van der Waals surface area contributed by atoms with Crippen LogP contribution in [0.25, 0.3) is 16.7 Å². The maximum Gasteiger partial charge on any atom is 0.337 e. The first-order valence-electron chi connectivity index (χ1n) is 12.4. The average molecular weight is 534 g/mol. The Labute approximate surface area is 224 Å². The minimum Gasteiger partial charge on any atom is -0.465 e. The Morgan fingerprint density at radius 1 is 0.921 bits per heavy atom. The van der Waals surface area contributed by atoms with E-state index in [0.717, 1.165) is 18.4 Å². The summed E-state index contributed by atoms with van der Waals surface area (Å²) in [5.41, 5.74) is 3.47. The number of halogens is 1. The highest BCUT2D eigenvalue weighted by molar-refractivity contribution is 6.31. The summed E-state index contributed by atoms with van der Waals surface area (Å²) in [4.78, 5) is 40.6. The Bertz CT molecular complexity index is 1550. The molecule has 9 heteroatoms. The number of amides is 1. The van der Waals surface area contributed by atoms with Gasteiger partial charge in [0.2, 0.25) is 0 Å². The zero-order chi connectivity index (χ0) is 26.8. The molecule has 0 spiro atoms. The standard InChI is InChI=1S/C29H28ClN3O5/c1-37-24-12-14-31(15-13-24)27(34)20-6-9-23(10-7-20)33-26-17-22(30)8-11-25(26)32(29(33)36)18-19-4-3-5-21(16-19)28(35)38-2/h3-11,16-17,24H,12-15,18H2,1-2H3. The number of likely N-dealkylation sites (tertiary alicyclic amines) is 1. The van der Waals surface area contributed by atoms with Crippen molar-refractivity contribution in [3.05, 3.63) is 98.9 Å². The van der Waals surface area contributed by atoms with Gasteiger partial charge in [0.1, 0.15) is 0 Å². The molecular formula is C29H28ClN3O5. The summed E-state index contributed by atoms with van der Waals surface area (Å²) in [7, 11) is 3.03. The number of carbonyl (C=O) groups is 2. The zero-order valence-corrected chi connectivity index (χ0v) is 22.0. The molecule has 0 N–H and O–H groups in total. The van der Waals surface area contributed by atoms with Crippen molar-refractivity contribution in [1.82, 2.24) is 14.0 Å². The minimum absolute atomic E-state index is 0.0330. The Kier molecular flexibility index (Phi) is 7.35. The predicted molar refractivity (Wildman–Crippen MR) is 145 cm³/mol. The molecule has 0 bridgehead atoms. The van der Waals surface area contributed by atoms with Gasteiger partial charge in [-0.3, -0.25) is 13.9 Å². The van der Waals surface area contributed by atoms with Gasteiger partial charge in [0.15, 0.2) is 0 Å². The van der Waals surface area contributed by atoms with Crippen LogP contribution in [0.4, 0.5) is 0 Å². The SMILES string of the molecule is COC(=O)c1cccc(Cn2c(=O)n(-c3ccc(C(=O)N4CCC(OC)CC4)cc3)c3cc(Cl)ccc32)c1. The van der Waals surface area contributed by atoms with E-state index >= 15 is 0 Å². The van der Waals surface area contributed by atoms with Crippen LogP contribution < -0.4 is 5.69 Å². The van der Waals surface area contributed by atoms with Gasteiger partial charge in [-0.25, -0.2) is 9.59 Å². The summed E-state index contributed by atoms with van der Waals surface area (Å²) in [5.74, 6) is -0.472. The summed E-state index contributed by atoms with van der Waals surface area (Å²) in [5, 5.41) is 0.502. The van der Waals surface area contributed by atoms with Gasteiger partial charge in [-0.2, -0.15) is 0 Å².